The Bertz CT molecular complexity index is 1960. The molecule has 242 valence electrons. The van der Waals surface area contributed by atoms with E-state index < -0.39 is 63.4 Å². The van der Waals surface area contributed by atoms with Crippen LogP contribution in [0.25, 0.3) is 22.2 Å². The Morgan fingerprint density at radius 3 is 2.65 bits per heavy atom. The number of hydrogen-bond donors (Lipinski definition) is 3. The van der Waals surface area contributed by atoms with Crippen LogP contribution in [0.5, 0.6) is 5.75 Å². The Labute approximate surface area is 264 Å². The minimum Gasteiger partial charge on any atom is -0.504 e. The molecular weight excluding hydrogens is 631 g/mol. The van der Waals surface area contributed by atoms with Gasteiger partial charge in [-0.1, -0.05) is 18.0 Å². The number of aryl methyl sites for hydroxylation is 1. The lowest BCUT2D eigenvalue weighted by Gasteiger charge is -2.34. The number of anilines is 2. The van der Waals surface area contributed by atoms with Gasteiger partial charge in [0.2, 0.25) is 17.7 Å². The maximum atomic E-state index is 15.3. The number of fused-ring (bicyclic) bond motifs is 2. The third-order valence-electron chi connectivity index (χ3n) is 8.23. The molecule has 3 aromatic heterocycles. The first kappa shape index (κ1) is 31.4. The molecule has 12 nitrogen and oxygen atoms in total. The van der Waals surface area contributed by atoms with Gasteiger partial charge in [0.15, 0.2) is 11.6 Å². The number of halogens is 4. The number of aromatic nitrogens is 4. The Balaban J connectivity index is 1.44. The molecule has 2 aliphatic heterocycles. The van der Waals surface area contributed by atoms with Crippen molar-refractivity contribution >= 4 is 46.0 Å². The lowest BCUT2D eigenvalue weighted by Crippen LogP contribution is -2.44. The maximum Gasteiger partial charge on any atom is 0.263 e. The molecule has 6 rings (SSSR count). The molecule has 1 saturated heterocycles. The molecule has 1 fully saturated rings. The van der Waals surface area contributed by atoms with Crippen molar-refractivity contribution in [1.29, 1.82) is 0 Å². The normalized spacial score (nSPS) is 16.7. The summed E-state index contributed by atoms with van der Waals surface area (Å²) >= 11 is 6.17. The van der Waals surface area contributed by atoms with Gasteiger partial charge in [-0.05, 0) is 25.8 Å². The zero-order valence-electron chi connectivity index (χ0n) is 24.6. The number of benzene rings is 1. The Morgan fingerprint density at radius 1 is 1.13 bits per heavy atom. The average Bonchev–Trinajstić information content (AvgIpc) is 3.19. The molecule has 0 unspecified atom stereocenters. The van der Waals surface area contributed by atoms with E-state index in [0.717, 1.165) is 18.9 Å². The lowest BCUT2D eigenvalue weighted by molar-refractivity contribution is -0.116. The first-order chi connectivity index (χ1) is 22.0. The smallest absolute Gasteiger partial charge is 0.263 e. The fourth-order valence-electron chi connectivity index (χ4n) is 5.92. The highest BCUT2D eigenvalue weighted by Gasteiger charge is 2.28. The van der Waals surface area contributed by atoms with E-state index in [1.54, 1.807) is 0 Å². The van der Waals surface area contributed by atoms with Crippen LogP contribution in [0.4, 0.5) is 24.7 Å². The number of nitrogens with two attached hydrogens (primary N) is 1. The number of ether oxygens (including phenoxy) is 1. The summed E-state index contributed by atoms with van der Waals surface area (Å²) in [4.78, 5) is 49.6. The molecule has 5 heterocycles. The minimum absolute atomic E-state index is 0.00615. The van der Waals surface area contributed by atoms with E-state index in [0.29, 0.717) is 45.0 Å². The van der Waals surface area contributed by atoms with Crippen molar-refractivity contribution in [2.24, 2.45) is 5.73 Å². The summed E-state index contributed by atoms with van der Waals surface area (Å²) in [6, 6.07) is 2.17. The zero-order chi connectivity index (χ0) is 32.9. The number of primary amides is 1. The van der Waals surface area contributed by atoms with E-state index in [9.17, 15) is 28.3 Å². The topological polar surface area (TPSA) is 158 Å². The predicted molar refractivity (Wildman–Crippen MR) is 163 cm³/mol. The van der Waals surface area contributed by atoms with Crippen molar-refractivity contribution in [3.8, 4) is 16.9 Å². The minimum atomic E-state index is -1.73. The number of nitrogens with zero attached hydrogens (tertiary/aromatic N) is 5. The van der Waals surface area contributed by atoms with Crippen molar-refractivity contribution in [3.05, 3.63) is 62.7 Å². The van der Waals surface area contributed by atoms with Crippen LogP contribution in [0.15, 0.2) is 23.1 Å². The van der Waals surface area contributed by atoms with Crippen LogP contribution >= 0.6 is 11.6 Å². The molecule has 1 atom stereocenters. The second kappa shape index (κ2) is 12.3. The van der Waals surface area contributed by atoms with E-state index in [1.165, 1.54) is 21.4 Å². The van der Waals surface area contributed by atoms with Gasteiger partial charge in [-0.3, -0.25) is 19.0 Å². The molecule has 16 heteroatoms. The molecule has 0 spiro atoms. The van der Waals surface area contributed by atoms with Crippen molar-refractivity contribution in [3.63, 3.8) is 0 Å². The molecule has 2 aliphatic rings. The Hall–Kier alpha value is -4.63. The van der Waals surface area contributed by atoms with Crippen LogP contribution in [-0.4, -0.2) is 61.8 Å². The fraction of sp³-hybridized carbons (Fsp3) is 0.367. The average molecular weight is 660 g/mol. The largest absolute Gasteiger partial charge is 0.504 e. The number of phenols is 1. The zero-order valence-corrected chi connectivity index (χ0v) is 25.3. The number of amides is 2. The van der Waals surface area contributed by atoms with E-state index in [-0.39, 0.29) is 34.1 Å². The predicted octanol–water partition coefficient (Wildman–Crippen LogP) is 3.73. The van der Waals surface area contributed by atoms with E-state index in [4.69, 9.17) is 22.1 Å². The summed E-state index contributed by atoms with van der Waals surface area (Å²) in [5, 5.41) is 12.0. The standard InChI is InChI=1S/C30H29ClF3N7O5/c1-14-13-46-8-7-40(14)20-10-18(23(31)27(34)37-20)36-21(42)12-39-11-17(15-9-16(28(35)44)26(43)25(33)24(15)32)22-29(39)38-19-5-3-2-4-6-41(19)30(22)45/h9-11,14,43H,2-8,12-13H2,1H3,(H2,35,44)(H,36,37,42)/t14-/m0/s1. The number of hydrogen-bond acceptors (Lipinski definition) is 8. The molecule has 1 aromatic carbocycles. The van der Waals surface area contributed by atoms with Crippen molar-refractivity contribution < 1.29 is 32.6 Å². The first-order valence-corrected chi connectivity index (χ1v) is 15.0. The number of carbonyl (C=O) groups excluding carboxylic acids is 2. The van der Waals surface area contributed by atoms with Crippen LogP contribution in [0.1, 0.15) is 42.4 Å². The number of carbonyl (C=O) groups is 2. The monoisotopic (exact) mass is 659 g/mol. The summed E-state index contributed by atoms with van der Waals surface area (Å²) in [5.41, 5.74) is 3.29. The summed E-state index contributed by atoms with van der Waals surface area (Å²) in [5.74, 6) is -6.75. The molecule has 4 aromatic rings. The molecule has 0 aliphatic carbocycles. The number of nitrogens with one attached hydrogen (secondary N) is 1. The van der Waals surface area contributed by atoms with Crippen molar-refractivity contribution in [2.75, 3.05) is 30.0 Å². The number of pyridine rings is 1. The van der Waals surface area contributed by atoms with Crippen LogP contribution in [0, 0.1) is 17.6 Å². The Kier molecular flexibility index (Phi) is 8.37. The highest BCUT2D eigenvalue weighted by molar-refractivity contribution is 6.33. The molecule has 46 heavy (non-hydrogen) atoms. The molecule has 0 radical (unpaired) electrons. The molecular formula is C30H29ClF3N7O5. The number of rotatable bonds is 6. The van der Waals surface area contributed by atoms with Gasteiger partial charge in [0.05, 0.1) is 35.9 Å². The molecule has 0 bridgehead atoms. The second-order valence-corrected chi connectivity index (χ2v) is 11.7. The third-order valence-corrected chi connectivity index (χ3v) is 8.59. The number of morpholine rings is 1. The highest BCUT2D eigenvalue weighted by atomic mass is 35.5. The SMILES string of the molecule is C[C@H]1COCCN1c1cc(NC(=O)Cn2cc(-c3cc(C(N)=O)c(O)c(F)c3F)c3c(=O)n4c(nc32)CCCCC4)c(Cl)c(F)n1. The van der Waals surface area contributed by atoms with Crippen molar-refractivity contribution in [2.45, 2.75) is 51.7 Å². The summed E-state index contributed by atoms with van der Waals surface area (Å²) < 4.78 is 53.1. The number of aromatic hydroxyl groups is 1. The Morgan fingerprint density at radius 2 is 1.91 bits per heavy atom. The molecule has 4 N–H and O–H groups in total. The van der Waals surface area contributed by atoms with E-state index in [2.05, 4.69) is 15.3 Å². The summed E-state index contributed by atoms with van der Waals surface area (Å²) in [7, 11) is 0. The quantitative estimate of drug-likeness (QED) is 0.264. The van der Waals surface area contributed by atoms with E-state index in [1.807, 2.05) is 11.8 Å². The lowest BCUT2D eigenvalue weighted by atomic mass is 10.0. The van der Waals surface area contributed by atoms with Crippen LogP contribution in [0.2, 0.25) is 5.02 Å². The fourth-order valence-corrected chi connectivity index (χ4v) is 6.07. The van der Waals surface area contributed by atoms with Gasteiger partial charge in [0, 0.05) is 42.9 Å². The van der Waals surface area contributed by atoms with Gasteiger partial charge in [-0.15, -0.1) is 0 Å². The van der Waals surface area contributed by atoms with Gasteiger partial charge in [0.25, 0.3) is 11.5 Å². The van der Waals surface area contributed by atoms with Crippen molar-refractivity contribution in [1.82, 2.24) is 19.1 Å². The van der Waals surface area contributed by atoms with Gasteiger partial charge >= 0.3 is 0 Å². The van der Waals surface area contributed by atoms with Gasteiger partial charge in [0.1, 0.15) is 28.9 Å². The van der Waals surface area contributed by atoms with Gasteiger partial charge < -0.3 is 30.4 Å². The summed E-state index contributed by atoms with van der Waals surface area (Å²) in [6.45, 7) is 2.98. The third kappa shape index (κ3) is 5.53. The maximum absolute atomic E-state index is 15.3. The van der Waals surface area contributed by atoms with Crippen LogP contribution in [-0.2, 0) is 29.0 Å². The summed E-state index contributed by atoms with van der Waals surface area (Å²) in [6.07, 6.45) is 4.01. The van der Waals surface area contributed by atoms with Crippen LogP contribution in [0.3, 0.4) is 0 Å². The van der Waals surface area contributed by atoms with E-state index >= 15 is 4.39 Å². The van der Waals surface area contributed by atoms with Gasteiger partial charge in [-0.2, -0.15) is 8.78 Å². The highest BCUT2D eigenvalue weighted by Crippen LogP contribution is 2.36. The first-order valence-electron chi connectivity index (χ1n) is 14.6. The van der Waals surface area contributed by atoms with Crippen LogP contribution < -0.4 is 21.5 Å². The second-order valence-electron chi connectivity index (χ2n) is 11.3. The molecule has 0 saturated carbocycles. The molecule has 2 amide bonds. The van der Waals surface area contributed by atoms with Gasteiger partial charge in [-0.25, -0.2) is 14.4 Å².